The number of methoxy groups -OCH3 is 1. The molecular formula is C39H43F3N6O6. The highest BCUT2D eigenvalue weighted by Gasteiger charge is 2.52. The maximum absolute atomic E-state index is 17.4. The van der Waals surface area contributed by atoms with E-state index in [1.165, 1.54) is 19.2 Å². The molecule has 15 heteroatoms. The van der Waals surface area contributed by atoms with Crippen molar-refractivity contribution in [3.05, 3.63) is 42.0 Å². The second-order valence-corrected chi connectivity index (χ2v) is 16.1. The first-order valence-electron chi connectivity index (χ1n) is 18.6. The molecule has 9 rings (SSSR count). The van der Waals surface area contributed by atoms with Gasteiger partial charge in [-0.1, -0.05) is 12.1 Å². The molecule has 4 fully saturated rings. The van der Waals surface area contributed by atoms with E-state index in [-0.39, 0.29) is 71.5 Å². The van der Waals surface area contributed by atoms with E-state index in [1.54, 1.807) is 18.2 Å². The fraction of sp³-hybridized carbons (Fsp3) is 0.538. The predicted octanol–water partition coefficient (Wildman–Crippen LogP) is 6.41. The average Bonchev–Trinajstić information content (AvgIpc) is 3.73. The van der Waals surface area contributed by atoms with Crippen molar-refractivity contribution in [2.45, 2.75) is 88.3 Å². The van der Waals surface area contributed by atoms with Crippen LogP contribution in [-0.4, -0.2) is 113 Å². The Hall–Kier alpha value is -4.63. The average molecular weight is 749 g/mol. The number of nitrogens with zero attached hydrogens (tertiary/aromatic N) is 6. The van der Waals surface area contributed by atoms with E-state index in [9.17, 15) is 9.18 Å². The van der Waals surface area contributed by atoms with E-state index in [2.05, 4.69) is 14.8 Å². The molecule has 0 N–H and O–H groups in total. The lowest BCUT2D eigenvalue weighted by Gasteiger charge is -2.46. The van der Waals surface area contributed by atoms with Gasteiger partial charge in [0.15, 0.2) is 12.6 Å². The zero-order valence-corrected chi connectivity index (χ0v) is 30.7. The van der Waals surface area contributed by atoms with Gasteiger partial charge in [0.2, 0.25) is 5.88 Å². The van der Waals surface area contributed by atoms with E-state index in [1.807, 2.05) is 25.7 Å². The molecule has 4 saturated heterocycles. The lowest BCUT2D eigenvalue weighted by atomic mass is 9.95. The predicted molar refractivity (Wildman–Crippen MR) is 193 cm³/mol. The molecule has 1 amide bonds. The lowest BCUT2D eigenvalue weighted by Crippen LogP contribution is -2.63. The first-order chi connectivity index (χ1) is 25.9. The Kier molecular flexibility index (Phi) is 8.45. The Morgan fingerprint density at radius 3 is 2.72 bits per heavy atom. The van der Waals surface area contributed by atoms with Crippen LogP contribution in [0.1, 0.15) is 52.9 Å². The van der Waals surface area contributed by atoms with Crippen LogP contribution in [0.4, 0.5) is 23.8 Å². The molecule has 12 nitrogen and oxygen atoms in total. The third kappa shape index (κ3) is 5.81. The van der Waals surface area contributed by atoms with Gasteiger partial charge in [-0.3, -0.25) is 9.80 Å². The van der Waals surface area contributed by atoms with Crippen molar-refractivity contribution in [3.8, 4) is 28.9 Å². The van der Waals surface area contributed by atoms with Crippen molar-refractivity contribution in [1.82, 2.24) is 24.8 Å². The van der Waals surface area contributed by atoms with Gasteiger partial charge in [0.05, 0.1) is 23.7 Å². The third-order valence-corrected chi connectivity index (χ3v) is 11.5. The molecule has 0 radical (unpaired) electrons. The van der Waals surface area contributed by atoms with Crippen LogP contribution < -0.4 is 19.1 Å². The largest absolute Gasteiger partial charge is 0.475 e. The van der Waals surface area contributed by atoms with Gasteiger partial charge < -0.3 is 28.6 Å². The number of fused-ring (bicyclic) bond motifs is 7. The van der Waals surface area contributed by atoms with Gasteiger partial charge in [0, 0.05) is 37.6 Å². The smallest absolute Gasteiger partial charge is 0.410 e. The van der Waals surface area contributed by atoms with Crippen LogP contribution in [0.3, 0.4) is 0 Å². The number of carbonyl (C=O) groups excluding carboxylic acids is 1. The summed E-state index contributed by atoms with van der Waals surface area (Å²) in [7, 11) is 1.48. The number of benzene rings is 2. The Morgan fingerprint density at radius 1 is 1.06 bits per heavy atom. The third-order valence-electron chi connectivity index (χ3n) is 11.5. The molecule has 5 aliphatic rings. The summed E-state index contributed by atoms with van der Waals surface area (Å²) in [4.78, 5) is 33.8. The maximum atomic E-state index is 17.4. The molecule has 0 spiro atoms. The van der Waals surface area contributed by atoms with Crippen LogP contribution in [0.15, 0.2) is 30.3 Å². The van der Waals surface area contributed by atoms with Gasteiger partial charge in [0.1, 0.15) is 59.0 Å². The first kappa shape index (κ1) is 35.1. The van der Waals surface area contributed by atoms with E-state index in [4.69, 9.17) is 33.7 Å². The number of anilines is 1. The fourth-order valence-electron chi connectivity index (χ4n) is 9.31. The number of alkyl halides is 1. The number of hydrogen-bond acceptors (Lipinski definition) is 11. The number of amides is 1. The zero-order valence-electron chi connectivity index (χ0n) is 30.7. The molecule has 5 aliphatic heterocycles. The van der Waals surface area contributed by atoms with Gasteiger partial charge in [-0.15, -0.1) is 0 Å². The molecule has 0 saturated carbocycles. The molecule has 2 aromatic heterocycles. The van der Waals surface area contributed by atoms with Crippen LogP contribution >= 0.6 is 0 Å². The van der Waals surface area contributed by atoms with Gasteiger partial charge in [-0.25, -0.2) is 22.9 Å². The van der Waals surface area contributed by atoms with Crippen molar-refractivity contribution in [2.24, 2.45) is 0 Å². The molecule has 2 bridgehead atoms. The molecule has 286 valence electrons. The number of rotatable bonds is 7. The van der Waals surface area contributed by atoms with E-state index in [0.29, 0.717) is 42.9 Å². The van der Waals surface area contributed by atoms with E-state index >= 15 is 8.78 Å². The Morgan fingerprint density at radius 2 is 1.91 bits per heavy atom. The first-order valence-corrected chi connectivity index (χ1v) is 18.6. The zero-order chi connectivity index (χ0) is 37.5. The van der Waals surface area contributed by atoms with Gasteiger partial charge in [-0.2, -0.15) is 9.97 Å². The van der Waals surface area contributed by atoms with Crippen LogP contribution in [0.5, 0.6) is 17.6 Å². The minimum Gasteiger partial charge on any atom is -0.475 e. The number of halogens is 3. The van der Waals surface area contributed by atoms with Crippen LogP contribution in [0.2, 0.25) is 0 Å². The van der Waals surface area contributed by atoms with Crippen LogP contribution in [0.25, 0.3) is 32.9 Å². The molecule has 5 atom stereocenters. The summed E-state index contributed by atoms with van der Waals surface area (Å²) >= 11 is 0. The maximum Gasteiger partial charge on any atom is 0.410 e. The Bertz CT molecular complexity index is 2150. The van der Waals surface area contributed by atoms with Crippen molar-refractivity contribution < 1.29 is 41.7 Å². The topological polar surface area (TPSA) is 112 Å². The molecule has 0 aliphatic carbocycles. The lowest BCUT2D eigenvalue weighted by molar-refractivity contribution is 0.00537. The van der Waals surface area contributed by atoms with Crippen LogP contribution in [-0.2, 0) is 9.47 Å². The second kappa shape index (κ2) is 13.0. The highest BCUT2D eigenvalue weighted by molar-refractivity contribution is 6.02. The van der Waals surface area contributed by atoms with Gasteiger partial charge >= 0.3 is 12.1 Å². The summed E-state index contributed by atoms with van der Waals surface area (Å²) in [6.45, 7) is 7.17. The minimum atomic E-state index is -0.960. The van der Waals surface area contributed by atoms with Crippen molar-refractivity contribution >= 4 is 33.6 Å². The van der Waals surface area contributed by atoms with Crippen molar-refractivity contribution in [3.63, 3.8) is 0 Å². The van der Waals surface area contributed by atoms with Crippen molar-refractivity contribution in [2.75, 3.05) is 51.7 Å². The number of ether oxygens (including phenoxy) is 5. The second-order valence-electron chi connectivity index (χ2n) is 16.1. The number of carbonyl (C=O) groups is 1. The number of pyridine rings is 1. The number of piperazine rings is 1. The van der Waals surface area contributed by atoms with Crippen LogP contribution in [0, 0.1) is 11.6 Å². The summed E-state index contributed by atoms with van der Waals surface area (Å²) in [5.74, 6) is -0.626. The Balaban J connectivity index is 1.19. The molecule has 2 aromatic carbocycles. The van der Waals surface area contributed by atoms with Gasteiger partial charge in [0.25, 0.3) is 0 Å². The highest BCUT2D eigenvalue weighted by atomic mass is 19.1. The van der Waals surface area contributed by atoms with Crippen molar-refractivity contribution in [1.29, 1.82) is 0 Å². The van der Waals surface area contributed by atoms with E-state index in [0.717, 1.165) is 25.8 Å². The summed E-state index contributed by atoms with van der Waals surface area (Å²) in [6, 6.07) is 6.81. The molecule has 7 heterocycles. The molecule has 54 heavy (non-hydrogen) atoms. The SMILES string of the molecule is COCOc1cc(-c2nc3c4c(nc(OC[C@]56CCCN5C[C@@H](F)C6)nc4c2F)N2C[C@H]4CC[C@@H]([C@H]2CO3)N4C(=O)OC(C)(C)C)c2c(F)cccc2c1. The summed E-state index contributed by atoms with van der Waals surface area (Å²) in [5, 5.41) is 0.862. The molecule has 0 unspecified atom stereocenters. The van der Waals surface area contributed by atoms with Gasteiger partial charge in [-0.05, 0) is 76.6 Å². The minimum absolute atomic E-state index is 0.0705. The fourth-order valence-corrected chi connectivity index (χ4v) is 9.31. The summed E-state index contributed by atoms with van der Waals surface area (Å²) in [5.41, 5.74) is -1.35. The summed E-state index contributed by atoms with van der Waals surface area (Å²) < 4.78 is 77.2. The van der Waals surface area contributed by atoms with E-state index < -0.39 is 41.1 Å². The normalized spacial score (nSPS) is 26.1. The molecular weight excluding hydrogens is 705 g/mol. The number of hydrogen-bond donors (Lipinski definition) is 0. The highest BCUT2D eigenvalue weighted by Crippen LogP contribution is 2.47. The monoisotopic (exact) mass is 748 g/mol. The quantitative estimate of drug-likeness (QED) is 0.196. The number of aromatic nitrogens is 3. The standard InChI is InChI=1S/C39H43F3N6O6/c1-38(2,3)54-37(49)48-23-9-10-27(48)28-18-51-35-30-33(31(42)32(43-35)25-14-24(53-20-50-4)13-21-7-5-8-26(41)29(21)25)44-36(45-34(30)47(28)17-23)52-19-39-11-6-12-46(39)16-22(40)15-39/h5,7-8,13-14,22-23,27-28H,6,9-12,15-20H2,1-4H3/t22-,23+,27-,28+,39+/m0/s1. The Labute approximate surface area is 310 Å². The summed E-state index contributed by atoms with van der Waals surface area (Å²) in [6.07, 6.45) is 2.13. The molecule has 4 aromatic rings.